The first kappa shape index (κ1) is 15.8. The Morgan fingerprint density at radius 1 is 1.24 bits per heavy atom. The molecule has 2 rings (SSSR count). The minimum atomic E-state index is -0.0655. The number of carbonyl (C=O) groups is 1. The topological polar surface area (TPSA) is 78.2 Å². The van der Waals surface area contributed by atoms with E-state index in [0.717, 1.165) is 31.9 Å². The van der Waals surface area contributed by atoms with E-state index in [4.69, 9.17) is 5.73 Å². The van der Waals surface area contributed by atoms with E-state index in [9.17, 15) is 4.79 Å². The first-order valence-corrected chi connectivity index (χ1v) is 7.60. The third-order valence-electron chi connectivity index (χ3n) is 4.13. The van der Waals surface area contributed by atoms with E-state index in [2.05, 4.69) is 35.9 Å². The van der Waals surface area contributed by atoms with Gasteiger partial charge in [0, 0.05) is 31.7 Å². The number of hydrogen-bond donors (Lipinski definition) is 2. The molecule has 1 aliphatic rings. The van der Waals surface area contributed by atoms with Crippen molar-refractivity contribution in [2.45, 2.75) is 46.1 Å². The van der Waals surface area contributed by atoms with Gasteiger partial charge in [-0.25, -0.2) is 0 Å². The van der Waals surface area contributed by atoms with Crippen molar-refractivity contribution in [3.05, 3.63) is 11.4 Å². The molecule has 1 aromatic rings. The molecule has 0 spiro atoms. The molecule has 0 aromatic carbocycles. The lowest BCUT2D eigenvalue weighted by Gasteiger charge is -2.42. The number of nitrogens with two attached hydrogens (primary N) is 1. The summed E-state index contributed by atoms with van der Waals surface area (Å²) in [6, 6.07) is 0. The highest BCUT2D eigenvalue weighted by atomic mass is 16.2. The Bertz CT molecular complexity index is 507. The van der Waals surface area contributed by atoms with Gasteiger partial charge in [0.2, 0.25) is 0 Å². The minimum Gasteiger partial charge on any atom is -0.395 e. The standard InChI is InChI=1S/C15H27N5O/c1-10(2)12-11(16)13(18-17-12)14(21)19-6-8-20(9-7-19)15(3,4)5/h10H,6-9,16H2,1-5H3,(H,17,18). The van der Waals surface area contributed by atoms with Crippen LogP contribution in [0.15, 0.2) is 0 Å². The van der Waals surface area contributed by atoms with Crippen LogP contribution in [0.1, 0.15) is 56.7 Å². The maximum Gasteiger partial charge on any atom is 0.276 e. The molecule has 118 valence electrons. The second-order valence-electron chi connectivity index (χ2n) is 7.00. The van der Waals surface area contributed by atoms with E-state index in [-0.39, 0.29) is 17.4 Å². The molecule has 1 amide bonds. The fourth-order valence-corrected chi connectivity index (χ4v) is 2.70. The molecular weight excluding hydrogens is 266 g/mol. The fraction of sp³-hybridized carbons (Fsp3) is 0.733. The fourth-order valence-electron chi connectivity index (χ4n) is 2.70. The molecule has 0 saturated carbocycles. The van der Waals surface area contributed by atoms with Gasteiger partial charge < -0.3 is 10.6 Å². The summed E-state index contributed by atoms with van der Waals surface area (Å²) in [5.74, 6) is 0.168. The zero-order valence-electron chi connectivity index (χ0n) is 13.7. The van der Waals surface area contributed by atoms with Crippen molar-refractivity contribution in [3.63, 3.8) is 0 Å². The molecule has 0 unspecified atom stereocenters. The lowest BCUT2D eigenvalue weighted by atomic mass is 10.0. The molecular formula is C15H27N5O. The molecule has 1 fully saturated rings. The minimum absolute atomic E-state index is 0.0655. The number of nitrogens with zero attached hydrogens (tertiary/aromatic N) is 3. The molecule has 6 heteroatoms. The Kier molecular flexibility index (Phi) is 4.27. The van der Waals surface area contributed by atoms with E-state index in [1.165, 1.54) is 0 Å². The number of H-pyrrole nitrogens is 1. The molecule has 0 radical (unpaired) electrons. The summed E-state index contributed by atoms with van der Waals surface area (Å²) in [6.07, 6.45) is 0. The van der Waals surface area contributed by atoms with Crippen LogP contribution < -0.4 is 5.73 Å². The van der Waals surface area contributed by atoms with Gasteiger partial charge in [-0.15, -0.1) is 0 Å². The van der Waals surface area contributed by atoms with E-state index < -0.39 is 0 Å². The van der Waals surface area contributed by atoms with Crippen molar-refractivity contribution in [2.75, 3.05) is 31.9 Å². The third-order valence-corrected chi connectivity index (χ3v) is 4.13. The SMILES string of the molecule is CC(C)c1[nH]nc(C(=O)N2CCN(C(C)(C)C)CC2)c1N. The van der Waals surface area contributed by atoms with Crippen LogP contribution >= 0.6 is 0 Å². The maximum atomic E-state index is 12.6. The lowest BCUT2D eigenvalue weighted by molar-refractivity contribution is 0.0447. The summed E-state index contributed by atoms with van der Waals surface area (Å²) in [6.45, 7) is 13.9. The number of carbonyl (C=O) groups excluding carboxylic acids is 1. The normalized spacial score (nSPS) is 17.5. The Morgan fingerprint density at radius 2 is 1.81 bits per heavy atom. The number of amides is 1. The van der Waals surface area contributed by atoms with Gasteiger partial charge in [0.15, 0.2) is 5.69 Å². The smallest absolute Gasteiger partial charge is 0.276 e. The molecule has 0 aliphatic carbocycles. The van der Waals surface area contributed by atoms with Crippen LogP contribution in [-0.4, -0.2) is 57.6 Å². The average Bonchev–Trinajstić information content (AvgIpc) is 2.79. The van der Waals surface area contributed by atoms with Crippen LogP contribution in [-0.2, 0) is 0 Å². The number of piperazine rings is 1. The Labute approximate surface area is 126 Å². The number of anilines is 1. The molecule has 1 aromatic heterocycles. The van der Waals surface area contributed by atoms with Crippen LogP contribution in [0.4, 0.5) is 5.69 Å². The molecule has 0 bridgehead atoms. The Morgan fingerprint density at radius 3 is 2.24 bits per heavy atom. The zero-order chi connectivity index (χ0) is 15.8. The highest BCUT2D eigenvalue weighted by molar-refractivity contribution is 5.97. The zero-order valence-corrected chi connectivity index (χ0v) is 13.7. The lowest BCUT2D eigenvalue weighted by Crippen LogP contribution is -2.54. The van der Waals surface area contributed by atoms with Crippen LogP contribution in [0.2, 0.25) is 0 Å². The van der Waals surface area contributed by atoms with Gasteiger partial charge in [-0.2, -0.15) is 5.10 Å². The monoisotopic (exact) mass is 293 g/mol. The highest BCUT2D eigenvalue weighted by Crippen LogP contribution is 2.24. The molecule has 1 aliphatic heterocycles. The first-order chi connectivity index (χ1) is 9.71. The number of nitrogens with one attached hydrogen (secondary N) is 1. The largest absolute Gasteiger partial charge is 0.395 e. The summed E-state index contributed by atoms with van der Waals surface area (Å²) >= 11 is 0. The highest BCUT2D eigenvalue weighted by Gasteiger charge is 2.30. The second-order valence-corrected chi connectivity index (χ2v) is 7.00. The number of rotatable bonds is 2. The number of aromatic amines is 1. The van der Waals surface area contributed by atoms with Crippen LogP contribution in [0.25, 0.3) is 0 Å². The number of nitrogen functional groups attached to an aromatic ring is 1. The van der Waals surface area contributed by atoms with E-state index >= 15 is 0 Å². The van der Waals surface area contributed by atoms with E-state index in [1.807, 2.05) is 18.7 Å². The summed E-state index contributed by atoms with van der Waals surface area (Å²) in [5.41, 5.74) is 7.90. The summed E-state index contributed by atoms with van der Waals surface area (Å²) in [4.78, 5) is 16.8. The third kappa shape index (κ3) is 3.20. The summed E-state index contributed by atoms with van der Waals surface area (Å²) < 4.78 is 0. The van der Waals surface area contributed by atoms with Crippen molar-refractivity contribution in [3.8, 4) is 0 Å². The summed E-state index contributed by atoms with van der Waals surface area (Å²) in [5, 5.41) is 7.02. The van der Waals surface area contributed by atoms with Crippen molar-refractivity contribution >= 4 is 11.6 Å². The predicted molar refractivity (Wildman–Crippen MR) is 84.3 cm³/mol. The first-order valence-electron chi connectivity index (χ1n) is 7.60. The molecule has 21 heavy (non-hydrogen) atoms. The number of aromatic nitrogens is 2. The van der Waals surface area contributed by atoms with Gasteiger partial charge in [-0.3, -0.25) is 14.8 Å². The Balaban J connectivity index is 2.06. The second kappa shape index (κ2) is 5.67. The van der Waals surface area contributed by atoms with Gasteiger partial charge in [0.1, 0.15) is 0 Å². The predicted octanol–water partition coefficient (Wildman–Crippen LogP) is 1.67. The molecule has 0 atom stereocenters. The molecule has 3 N–H and O–H groups in total. The molecule has 2 heterocycles. The number of hydrogen-bond acceptors (Lipinski definition) is 4. The quantitative estimate of drug-likeness (QED) is 0.869. The van der Waals surface area contributed by atoms with Gasteiger partial charge in [0.05, 0.1) is 11.4 Å². The van der Waals surface area contributed by atoms with Gasteiger partial charge in [0.25, 0.3) is 5.91 Å². The van der Waals surface area contributed by atoms with Crippen molar-refractivity contribution in [1.82, 2.24) is 20.0 Å². The maximum absolute atomic E-state index is 12.6. The Hall–Kier alpha value is -1.56. The van der Waals surface area contributed by atoms with Crippen molar-refractivity contribution in [1.29, 1.82) is 0 Å². The van der Waals surface area contributed by atoms with Crippen molar-refractivity contribution in [2.24, 2.45) is 0 Å². The van der Waals surface area contributed by atoms with Gasteiger partial charge >= 0.3 is 0 Å². The van der Waals surface area contributed by atoms with Gasteiger partial charge in [-0.1, -0.05) is 13.8 Å². The molecule has 6 nitrogen and oxygen atoms in total. The van der Waals surface area contributed by atoms with Crippen LogP contribution in [0.3, 0.4) is 0 Å². The molecule has 1 saturated heterocycles. The van der Waals surface area contributed by atoms with E-state index in [1.54, 1.807) is 0 Å². The van der Waals surface area contributed by atoms with Gasteiger partial charge in [-0.05, 0) is 26.7 Å². The van der Waals surface area contributed by atoms with E-state index in [0.29, 0.717) is 11.4 Å². The summed E-state index contributed by atoms with van der Waals surface area (Å²) in [7, 11) is 0. The van der Waals surface area contributed by atoms with Crippen LogP contribution in [0.5, 0.6) is 0 Å². The average molecular weight is 293 g/mol. The van der Waals surface area contributed by atoms with Crippen molar-refractivity contribution < 1.29 is 4.79 Å². The van der Waals surface area contributed by atoms with Crippen LogP contribution in [0, 0.1) is 0 Å².